The zero-order valence-corrected chi connectivity index (χ0v) is 16.1. The molecule has 1 aliphatic carbocycles. The third kappa shape index (κ3) is 4.27. The first kappa shape index (κ1) is 21.3. The van der Waals surface area contributed by atoms with Crippen LogP contribution in [0.4, 0.5) is 4.39 Å². The van der Waals surface area contributed by atoms with Crippen molar-refractivity contribution in [2.75, 3.05) is 6.54 Å². The number of carbonyl (C=O) groups excluding carboxylic acids is 1. The smallest absolute Gasteiger partial charge is 0.334 e. The Hall–Kier alpha value is -3.43. The second kappa shape index (κ2) is 8.93. The van der Waals surface area contributed by atoms with Gasteiger partial charge in [-0.1, -0.05) is 37.5 Å². The quantitative estimate of drug-likeness (QED) is 0.645. The van der Waals surface area contributed by atoms with E-state index in [2.05, 4.69) is 0 Å². The van der Waals surface area contributed by atoms with E-state index in [0.29, 0.717) is 17.4 Å². The number of aromatic nitrogens is 2. The maximum absolute atomic E-state index is 14.1. The molecule has 0 atom stereocenters. The molecule has 1 saturated carbocycles. The van der Waals surface area contributed by atoms with Gasteiger partial charge in [0.25, 0.3) is 11.5 Å². The highest BCUT2D eigenvalue weighted by Crippen LogP contribution is 2.30. The number of benzene rings is 1. The number of rotatable bonds is 6. The Labute approximate surface area is 170 Å². The number of carbonyl (C=O) groups is 2. The van der Waals surface area contributed by atoms with Gasteiger partial charge < -0.3 is 15.5 Å². The molecular formula is C20H22FN3O6. The fraction of sp³-hybridized carbons (Fsp3) is 0.400. The summed E-state index contributed by atoms with van der Waals surface area (Å²) in [5.41, 5.74) is -2.63. The summed E-state index contributed by atoms with van der Waals surface area (Å²) in [5, 5.41) is 21.5. The molecule has 160 valence electrons. The summed E-state index contributed by atoms with van der Waals surface area (Å²) < 4.78 is 15.8. The van der Waals surface area contributed by atoms with Crippen molar-refractivity contribution in [1.82, 2.24) is 14.5 Å². The summed E-state index contributed by atoms with van der Waals surface area (Å²) in [6.45, 7) is -1.20. The Bertz CT molecular complexity index is 1080. The normalized spacial score (nSPS) is 14.4. The maximum atomic E-state index is 14.1. The van der Waals surface area contributed by atoms with Gasteiger partial charge in [0.1, 0.15) is 12.4 Å². The van der Waals surface area contributed by atoms with Crippen LogP contribution in [0.2, 0.25) is 0 Å². The number of nitrogens with zero attached hydrogens (tertiary/aromatic N) is 2. The summed E-state index contributed by atoms with van der Waals surface area (Å²) in [6.07, 6.45) is 3.73. The van der Waals surface area contributed by atoms with Crippen LogP contribution in [0.1, 0.15) is 54.1 Å². The number of amides is 1. The van der Waals surface area contributed by atoms with Gasteiger partial charge in [-0.3, -0.25) is 23.5 Å². The van der Waals surface area contributed by atoms with Crippen LogP contribution in [0.5, 0.6) is 5.88 Å². The molecule has 2 aromatic rings. The number of hydrogen-bond acceptors (Lipinski definition) is 5. The lowest BCUT2D eigenvalue weighted by Gasteiger charge is -2.26. The van der Waals surface area contributed by atoms with Crippen molar-refractivity contribution in [2.45, 2.75) is 44.7 Å². The standard InChI is InChI=1S/C20H22FN3O6/c21-14-9-5-4-6-12(14)11-23-18(28)16(17(27)22-10-15(25)26)19(29)24(20(23)30)13-7-2-1-3-8-13/h4-6,9,13,29H,1-3,7-8,10-11H2,(H,22,27)(H,25,26). The average Bonchev–Trinajstić information content (AvgIpc) is 2.71. The molecule has 1 aliphatic rings. The minimum atomic E-state index is -1.34. The van der Waals surface area contributed by atoms with Crippen LogP contribution in [0.25, 0.3) is 0 Å². The van der Waals surface area contributed by atoms with E-state index in [0.717, 1.165) is 23.8 Å². The Balaban J connectivity index is 2.17. The highest BCUT2D eigenvalue weighted by molar-refractivity contribution is 5.97. The van der Waals surface area contributed by atoms with Crippen LogP contribution in [0, 0.1) is 5.82 Å². The number of hydrogen-bond donors (Lipinski definition) is 3. The van der Waals surface area contributed by atoms with Crippen molar-refractivity contribution in [3.8, 4) is 5.88 Å². The summed E-state index contributed by atoms with van der Waals surface area (Å²) in [6, 6.07) is 5.17. The molecule has 0 spiro atoms. The van der Waals surface area contributed by atoms with Crippen molar-refractivity contribution >= 4 is 11.9 Å². The van der Waals surface area contributed by atoms with Crippen LogP contribution in [-0.4, -0.2) is 37.8 Å². The van der Waals surface area contributed by atoms with Crippen LogP contribution >= 0.6 is 0 Å². The molecule has 30 heavy (non-hydrogen) atoms. The van der Waals surface area contributed by atoms with E-state index in [1.807, 2.05) is 5.32 Å². The van der Waals surface area contributed by atoms with E-state index >= 15 is 0 Å². The predicted molar refractivity (Wildman–Crippen MR) is 104 cm³/mol. The Morgan fingerprint density at radius 1 is 1.13 bits per heavy atom. The predicted octanol–water partition coefficient (Wildman–Crippen LogP) is 1.22. The van der Waals surface area contributed by atoms with Crippen LogP contribution in [-0.2, 0) is 11.3 Å². The zero-order chi connectivity index (χ0) is 21.8. The van der Waals surface area contributed by atoms with Crippen LogP contribution in [0.3, 0.4) is 0 Å². The molecule has 1 aromatic heterocycles. The first-order chi connectivity index (χ1) is 14.3. The summed E-state index contributed by atoms with van der Waals surface area (Å²) in [5.74, 6) is -3.88. The Morgan fingerprint density at radius 2 is 1.80 bits per heavy atom. The van der Waals surface area contributed by atoms with Gasteiger partial charge in [-0.15, -0.1) is 0 Å². The van der Waals surface area contributed by atoms with E-state index in [1.54, 1.807) is 6.07 Å². The fourth-order valence-electron chi connectivity index (χ4n) is 3.71. The Morgan fingerprint density at radius 3 is 2.43 bits per heavy atom. The average molecular weight is 419 g/mol. The lowest BCUT2D eigenvalue weighted by molar-refractivity contribution is -0.135. The molecule has 0 radical (unpaired) electrons. The van der Waals surface area contributed by atoms with E-state index in [-0.39, 0.29) is 5.56 Å². The van der Waals surface area contributed by atoms with E-state index in [4.69, 9.17) is 5.11 Å². The molecule has 0 unspecified atom stereocenters. The van der Waals surface area contributed by atoms with Gasteiger partial charge in [-0.25, -0.2) is 9.18 Å². The van der Waals surface area contributed by atoms with Gasteiger partial charge in [0.05, 0.1) is 6.54 Å². The van der Waals surface area contributed by atoms with Gasteiger partial charge in [0.15, 0.2) is 5.56 Å². The van der Waals surface area contributed by atoms with Gasteiger partial charge in [0, 0.05) is 11.6 Å². The van der Waals surface area contributed by atoms with Crippen molar-refractivity contribution in [3.63, 3.8) is 0 Å². The maximum Gasteiger partial charge on any atom is 0.334 e. The van der Waals surface area contributed by atoms with Crippen molar-refractivity contribution in [3.05, 3.63) is 62.0 Å². The number of carboxylic acid groups (broad SMARTS) is 1. The lowest BCUT2D eigenvalue weighted by atomic mass is 9.95. The largest absolute Gasteiger partial charge is 0.494 e. The number of aliphatic carboxylic acids is 1. The van der Waals surface area contributed by atoms with Gasteiger partial charge >= 0.3 is 11.7 Å². The van der Waals surface area contributed by atoms with E-state index < -0.39 is 59.5 Å². The molecule has 0 saturated heterocycles. The monoisotopic (exact) mass is 419 g/mol. The molecule has 0 aliphatic heterocycles. The fourth-order valence-corrected chi connectivity index (χ4v) is 3.71. The second-order valence-electron chi connectivity index (χ2n) is 7.20. The van der Waals surface area contributed by atoms with Crippen LogP contribution in [0.15, 0.2) is 33.9 Å². The molecule has 1 heterocycles. The van der Waals surface area contributed by atoms with Crippen molar-refractivity contribution < 1.29 is 24.2 Å². The van der Waals surface area contributed by atoms with Gasteiger partial charge in [0.2, 0.25) is 5.88 Å². The molecule has 3 rings (SSSR count). The highest BCUT2D eigenvalue weighted by Gasteiger charge is 2.29. The number of nitrogens with one attached hydrogen (secondary N) is 1. The summed E-state index contributed by atoms with van der Waals surface area (Å²) in [4.78, 5) is 49.2. The molecule has 1 amide bonds. The number of carboxylic acids is 1. The molecule has 3 N–H and O–H groups in total. The zero-order valence-electron chi connectivity index (χ0n) is 16.1. The summed E-state index contributed by atoms with van der Waals surface area (Å²) >= 11 is 0. The lowest BCUT2D eigenvalue weighted by Crippen LogP contribution is -2.46. The molecular weight excluding hydrogens is 397 g/mol. The van der Waals surface area contributed by atoms with E-state index in [9.17, 15) is 28.7 Å². The topological polar surface area (TPSA) is 131 Å². The third-order valence-electron chi connectivity index (χ3n) is 5.20. The Kier molecular flexibility index (Phi) is 6.34. The van der Waals surface area contributed by atoms with Crippen molar-refractivity contribution in [1.29, 1.82) is 0 Å². The molecule has 1 aromatic carbocycles. The molecule has 0 bridgehead atoms. The number of aromatic hydroxyl groups is 1. The molecule has 1 fully saturated rings. The first-order valence-corrected chi connectivity index (χ1v) is 9.63. The van der Waals surface area contributed by atoms with Crippen molar-refractivity contribution in [2.24, 2.45) is 0 Å². The highest BCUT2D eigenvalue weighted by atomic mass is 19.1. The second-order valence-corrected chi connectivity index (χ2v) is 7.20. The third-order valence-corrected chi connectivity index (χ3v) is 5.20. The SMILES string of the molecule is O=C(O)CNC(=O)c1c(O)n(C2CCCCC2)c(=O)n(Cc2ccccc2F)c1=O. The summed E-state index contributed by atoms with van der Waals surface area (Å²) in [7, 11) is 0. The minimum absolute atomic E-state index is 0.0643. The minimum Gasteiger partial charge on any atom is -0.494 e. The van der Waals surface area contributed by atoms with Gasteiger partial charge in [-0.05, 0) is 18.9 Å². The molecule has 10 heteroatoms. The first-order valence-electron chi connectivity index (χ1n) is 9.63. The van der Waals surface area contributed by atoms with Gasteiger partial charge in [-0.2, -0.15) is 0 Å². The molecule has 9 nitrogen and oxygen atoms in total. The van der Waals surface area contributed by atoms with E-state index in [1.165, 1.54) is 18.2 Å². The van der Waals surface area contributed by atoms with Crippen LogP contribution < -0.4 is 16.6 Å². The number of halogens is 1.